The topological polar surface area (TPSA) is 54.8 Å². The van der Waals surface area contributed by atoms with Gasteiger partial charge in [-0.05, 0) is 61.4 Å². The van der Waals surface area contributed by atoms with Crippen LogP contribution in [-0.2, 0) is 15.1 Å². The van der Waals surface area contributed by atoms with Crippen molar-refractivity contribution < 1.29 is 9.53 Å². The Morgan fingerprint density at radius 3 is 2.45 bits per heavy atom. The van der Waals surface area contributed by atoms with Crippen LogP contribution in [0, 0.1) is 5.92 Å². The van der Waals surface area contributed by atoms with Crippen molar-refractivity contribution in [3.63, 3.8) is 0 Å². The minimum absolute atomic E-state index is 0.0852. The van der Waals surface area contributed by atoms with E-state index in [0.717, 1.165) is 22.1 Å². The zero-order valence-corrected chi connectivity index (χ0v) is 20.1. The molecule has 2 aliphatic heterocycles. The molecule has 2 aromatic rings. The lowest BCUT2D eigenvalue weighted by Crippen LogP contribution is -2.36. The Morgan fingerprint density at radius 1 is 1.19 bits per heavy atom. The molecular weight excluding hydrogens is 453 g/mol. The number of benzene rings is 1. The normalized spacial score (nSPS) is 22.7. The predicted molar refractivity (Wildman–Crippen MR) is 126 cm³/mol. The Bertz CT molecular complexity index is 1070. The molecule has 2 atom stereocenters. The molecule has 4 rings (SSSR count). The summed E-state index contributed by atoms with van der Waals surface area (Å²) in [5, 5.41) is 2.01. The van der Waals surface area contributed by atoms with Crippen LogP contribution in [0.5, 0.6) is 0 Å². The maximum absolute atomic E-state index is 12.7. The molecule has 0 aliphatic carbocycles. The van der Waals surface area contributed by atoms with Gasteiger partial charge < -0.3 is 9.64 Å². The molecule has 0 bridgehead atoms. The third kappa shape index (κ3) is 3.86. The second-order valence-electron chi connectivity index (χ2n) is 7.91. The van der Waals surface area contributed by atoms with E-state index in [1.165, 1.54) is 11.8 Å². The number of allylic oxidation sites excluding steroid dienone is 1. The predicted octanol–water partition coefficient (Wildman–Crippen LogP) is 6.19. The number of nitrogens with zero attached hydrogens (tertiary/aromatic N) is 3. The fourth-order valence-electron chi connectivity index (χ4n) is 4.10. The average molecular weight is 476 g/mol. The van der Waals surface area contributed by atoms with Crippen LogP contribution < -0.4 is 0 Å². The number of aromatic nitrogens is 1. The number of carbonyl (C=O) groups is 1. The fourth-order valence-corrected chi connectivity index (χ4v) is 5.64. The lowest BCUT2D eigenvalue weighted by atomic mass is 9.83. The molecule has 0 saturated heterocycles. The van der Waals surface area contributed by atoms with Crippen LogP contribution in [0.2, 0.25) is 10.0 Å². The van der Waals surface area contributed by atoms with Crippen LogP contribution in [0.15, 0.2) is 58.2 Å². The number of thioether (sulfide) groups is 1. The van der Waals surface area contributed by atoms with Gasteiger partial charge in [-0.15, -0.1) is 0 Å². The summed E-state index contributed by atoms with van der Waals surface area (Å²) in [5.41, 5.74) is 2.11. The SMILES string of the molecule is CCOC(=O)C1=C(C(C)C)N2C(=N[C@@](C)(c3ccc(Cl)cc3)[C@H]2c2ccc(Cl)cn2)S1. The van der Waals surface area contributed by atoms with Gasteiger partial charge in [-0.25, -0.2) is 9.79 Å². The van der Waals surface area contributed by atoms with E-state index in [2.05, 4.69) is 30.7 Å². The van der Waals surface area contributed by atoms with Gasteiger partial charge in [-0.1, -0.05) is 49.2 Å². The number of rotatable bonds is 5. The fraction of sp³-hybridized carbons (Fsp3) is 0.348. The van der Waals surface area contributed by atoms with E-state index in [-0.39, 0.29) is 17.9 Å². The summed E-state index contributed by atoms with van der Waals surface area (Å²) in [6.45, 7) is 8.37. The van der Waals surface area contributed by atoms with E-state index < -0.39 is 5.54 Å². The van der Waals surface area contributed by atoms with Crippen LogP contribution >= 0.6 is 35.0 Å². The summed E-state index contributed by atoms with van der Waals surface area (Å²) < 4.78 is 5.33. The van der Waals surface area contributed by atoms with Crippen molar-refractivity contribution in [2.45, 2.75) is 39.3 Å². The van der Waals surface area contributed by atoms with Gasteiger partial charge in [0, 0.05) is 16.9 Å². The van der Waals surface area contributed by atoms with E-state index in [4.69, 9.17) is 32.9 Å². The summed E-state index contributed by atoms with van der Waals surface area (Å²) in [4.78, 5) is 25.2. The summed E-state index contributed by atoms with van der Waals surface area (Å²) in [5.74, 6) is -0.230. The highest BCUT2D eigenvalue weighted by molar-refractivity contribution is 8.18. The molecule has 0 radical (unpaired) electrons. The first-order valence-corrected chi connectivity index (χ1v) is 11.7. The summed E-state index contributed by atoms with van der Waals surface area (Å²) in [6, 6.07) is 11.2. The molecule has 1 aromatic heterocycles. The molecule has 31 heavy (non-hydrogen) atoms. The largest absolute Gasteiger partial charge is 0.462 e. The minimum atomic E-state index is -0.631. The van der Waals surface area contributed by atoms with E-state index in [9.17, 15) is 4.79 Å². The van der Waals surface area contributed by atoms with Gasteiger partial charge in [0.15, 0.2) is 5.17 Å². The number of halogens is 2. The molecule has 162 valence electrons. The Hall–Kier alpha value is -2.02. The molecular formula is C23H23Cl2N3O2S. The van der Waals surface area contributed by atoms with Crippen LogP contribution in [0.1, 0.15) is 45.0 Å². The number of hydrogen-bond acceptors (Lipinski definition) is 6. The molecule has 3 heterocycles. The summed E-state index contributed by atoms with van der Waals surface area (Å²) in [6.07, 6.45) is 1.64. The van der Waals surface area contributed by atoms with Crippen molar-refractivity contribution in [1.29, 1.82) is 0 Å². The molecule has 0 fully saturated rings. The number of amidine groups is 1. The van der Waals surface area contributed by atoms with Gasteiger partial charge in [0.25, 0.3) is 0 Å². The molecule has 0 saturated carbocycles. The van der Waals surface area contributed by atoms with Gasteiger partial charge in [0.1, 0.15) is 16.5 Å². The van der Waals surface area contributed by atoms with Crippen LogP contribution in [-0.4, -0.2) is 27.6 Å². The minimum Gasteiger partial charge on any atom is -0.462 e. The number of ether oxygens (including phenoxy) is 1. The lowest BCUT2D eigenvalue weighted by Gasteiger charge is -2.36. The maximum Gasteiger partial charge on any atom is 0.346 e. The van der Waals surface area contributed by atoms with Crippen LogP contribution in [0.4, 0.5) is 0 Å². The Labute approximate surface area is 196 Å². The second kappa shape index (κ2) is 8.49. The first-order valence-electron chi connectivity index (χ1n) is 10.1. The third-order valence-electron chi connectivity index (χ3n) is 5.48. The van der Waals surface area contributed by atoms with Crippen LogP contribution in [0.3, 0.4) is 0 Å². The third-order valence-corrected chi connectivity index (χ3v) is 7.00. The maximum atomic E-state index is 12.7. The van der Waals surface area contributed by atoms with Gasteiger partial charge in [0.05, 0.1) is 17.3 Å². The molecule has 0 N–H and O–H groups in total. The molecule has 2 aliphatic rings. The smallest absolute Gasteiger partial charge is 0.346 e. The lowest BCUT2D eigenvalue weighted by molar-refractivity contribution is -0.137. The van der Waals surface area contributed by atoms with Crippen molar-refractivity contribution in [3.05, 3.63) is 74.5 Å². The number of fused-ring (bicyclic) bond motifs is 1. The molecule has 0 spiro atoms. The van der Waals surface area contributed by atoms with E-state index in [0.29, 0.717) is 21.6 Å². The monoisotopic (exact) mass is 475 g/mol. The number of carbonyl (C=O) groups excluding carboxylic acids is 1. The second-order valence-corrected chi connectivity index (χ2v) is 9.76. The quantitative estimate of drug-likeness (QED) is 0.482. The molecule has 0 amide bonds. The number of esters is 1. The number of pyridine rings is 1. The zero-order chi connectivity index (χ0) is 22.3. The highest BCUT2D eigenvalue weighted by Gasteiger charge is 2.53. The number of hydrogen-bond donors (Lipinski definition) is 0. The molecule has 5 nitrogen and oxygen atoms in total. The van der Waals surface area contributed by atoms with Gasteiger partial charge in [-0.3, -0.25) is 4.98 Å². The first-order chi connectivity index (χ1) is 14.8. The van der Waals surface area contributed by atoms with Crippen molar-refractivity contribution >= 4 is 46.1 Å². The Balaban J connectivity index is 1.89. The van der Waals surface area contributed by atoms with Crippen molar-refractivity contribution in [3.8, 4) is 0 Å². The zero-order valence-electron chi connectivity index (χ0n) is 17.7. The van der Waals surface area contributed by atoms with Crippen molar-refractivity contribution in [2.75, 3.05) is 6.61 Å². The molecule has 0 unspecified atom stereocenters. The Kier molecular flexibility index (Phi) is 6.08. The summed E-state index contributed by atoms with van der Waals surface area (Å²) >= 11 is 13.6. The van der Waals surface area contributed by atoms with Gasteiger partial charge in [0.2, 0.25) is 0 Å². The highest BCUT2D eigenvalue weighted by Crippen LogP contribution is 2.55. The molecule has 1 aromatic carbocycles. The van der Waals surface area contributed by atoms with E-state index >= 15 is 0 Å². The standard InChI is InChI=1S/C23H23Cl2N3O2S/c1-5-30-21(29)19-18(13(2)3)28-20(17-11-10-16(25)12-26-17)23(4,27-22(28)31-19)14-6-8-15(24)9-7-14/h6-13,20H,5H2,1-4H3/t20-,23+/m1/s1. The average Bonchev–Trinajstić information content (AvgIpc) is 3.22. The molecule has 8 heteroatoms. The van der Waals surface area contributed by atoms with Crippen LogP contribution in [0.25, 0.3) is 0 Å². The van der Waals surface area contributed by atoms with Crippen molar-refractivity contribution in [1.82, 2.24) is 9.88 Å². The van der Waals surface area contributed by atoms with Crippen molar-refractivity contribution in [2.24, 2.45) is 10.9 Å². The Morgan fingerprint density at radius 2 is 1.87 bits per heavy atom. The van der Waals surface area contributed by atoms with Gasteiger partial charge in [-0.2, -0.15) is 0 Å². The van der Waals surface area contributed by atoms with Gasteiger partial charge >= 0.3 is 5.97 Å². The highest BCUT2D eigenvalue weighted by atomic mass is 35.5. The van der Waals surface area contributed by atoms with E-state index in [1.54, 1.807) is 6.20 Å². The van der Waals surface area contributed by atoms with E-state index in [1.807, 2.05) is 43.3 Å². The summed E-state index contributed by atoms with van der Waals surface area (Å²) in [7, 11) is 0. The first kappa shape index (κ1) is 22.2. The number of aliphatic imine (C=N–C) groups is 1.